The van der Waals surface area contributed by atoms with Crippen LogP contribution < -0.4 is 9.80 Å². The zero-order valence-corrected chi connectivity index (χ0v) is 18.4. The van der Waals surface area contributed by atoms with Crippen molar-refractivity contribution in [2.75, 3.05) is 38.1 Å². The van der Waals surface area contributed by atoms with Crippen LogP contribution in [0.15, 0.2) is 60.8 Å². The lowest BCUT2D eigenvalue weighted by Gasteiger charge is -2.31. The molecule has 0 unspecified atom stereocenters. The fourth-order valence-corrected chi connectivity index (χ4v) is 3.83. The first-order valence-electron chi connectivity index (χ1n) is 10.7. The monoisotopic (exact) mass is 403 g/mol. The standard InChI is InChI=1S/C25H30N4O/c1-25(2,3)21-9-5-20(6-10-21)24(30)29-14-13-23(26-29)19-7-11-22(12-8-19)28-17-15-27(4)16-18-28/h5-14H,15-18H2,1-4H3/p+1. The summed E-state index contributed by atoms with van der Waals surface area (Å²) in [4.78, 5) is 16.9. The van der Waals surface area contributed by atoms with E-state index in [0.29, 0.717) is 5.56 Å². The fraction of sp³-hybridized carbons (Fsp3) is 0.360. The molecule has 1 aliphatic heterocycles. The van der Waals surface area contributed by atoms with E-state index >= 15 is 0 Å². The van der Waals surface area contributed by atoms with E-state index in [1.54, 1.807) is 11.1 Å². The second-order valence-corrected chi connectivity index (χ2v) is 9.27. The highest BCUT2D eigenvalue weighted by molar-refractivity contribution is 5.95. The molecule has 0 saturated carbocycles. The maximum atomic E-state index is 12.8. The molecule has 3 aromatic rings. The van der Waals surface area contributed by atoms with Gasteiger partial charge in [0.2, 0.25) is 0 Å². The van der Waals surface area contributed by atoms with Crippen LogP contribution in [0.5, 0.6) is 0 Å². The number of nitrogens with one attached hydrogen (secondary N) is 1. The number of hydrogen-bond donors (Lipinski definition) is 1. The van der Waals surface area contributed by atoms with Gasteiger partial charge in [0.1, 0.15) is 0 Å². The molecule has 5 heteroatoms. The molecule has 30 heavy (non-hydrogen) atoms. The van der Waals surface area contributed by atoms with Crippen molar-refractivity contribution in [1.82, 2.24) is 9.78 Å². The summed E-state index contributed by atoms with van der Waals surface area (Å²) >= 11 is 0. The van der Waals surface area contributed by atoms with E-state index < -0.39 is 0 Å². The number of aromatic nitrogens is 2. The SMILES string of the molecule is C[NH+]1CCN(c2ccc(-c3ccn(C(=O)c4ccc(C(C)(C)C)cc4)n3)cc2)CC1. The van der Waals surface area contributed by atoms with Gasteiger partial charge in [0, 0.05) is 23.0 Å². The van der Waals surface area contributed by atoms with Gasteiger partial charge in [-0.05, 0) is 41.3 Å². The summed E-state index contributed by atoms with van der Waals surface area (Å²) < 4.78 is 1.43. The molecule has 2 heterocycles. The van der Waals surface area contributed by atoms with E-state index in [4.69, 9.17) is 0 Å². The number of anilines is 1. The van der Waals surface area contributed by atoms with Gasteiger partial charge < -0.3 is 9.80 Å². The smallest absolute Gasteiger partial charge is 0.278 e. The normalized spacial score (nSPS) is 15.4. The van der Waals surface area contributed by atoms with Crippen molar-refractivity contribution in [2.24, 2.45) is 0 Å². The van der Waals surface area contributed by atoms with Crippen LogP contribution in [-0.4, -0.2) is 48.9 Å². The third kappa shape index (κ3) is 4.31. The quantitative estimate of drug-likeness (QED) is 0.731. The van der Waals surface area contributed by atoms with Gasteiger partial charge in [-0.25, -0.2) is 4.68 Å². The number of rotatable bonds is 3. The Morgan fingerprint density at radius 3 is 2.17 bits per heavy atom. The lowest BCUT2D eigenvalue weighted by atomic mass is 9.87. The highest BCUT2D eigenvalue weighted by Crippen LogP contribution is 2.24. The first-order valence-corrected chi connectivity index (χ1v) is 10.7. The Hall–Kier alpha value is -2.92. The van der Waals surface area contributed by atoms with Crippen molar-refractivity contribution < 1.29 is 9.69 Å². The molecule has 2 aromatic carbocycles. The van der Waals surface area contributed by atoms with E-state index in [1.807, 2.05) is 30.3 Å². The summed E-state index contributed by atoms with van der Waals surface area (Å²) in [6, 6.07) is 18.2. The van der Waals surface area contributed by atoms with Crippen LogP contribution in [0.4, 0.5) is 5.69 Å². The van der Waals surface area contributed by atoms with Crippen LogP contribution in [0, 0.1) is 0 Å². The van der Waals surface area contributed by atoms with Crippen molar-refractivity contribution in [3.63, 3.8) is 0 Å². The van der Waals surface area contributed by atoms with Gasteiger partial charge in [-0.1, -0.05) is 45.0 Å². The molecule has 0 bridgehead atoms. The highest BCUT2D eigenvalue weighted by atomic mass is 16.2. The molecular formula is C25H31N4O+. The van der Waals surface area contributed by atoms with Crippen molar-refractivity contribution in [2.45, 2.75) is 26.2 Å². The van der Waals surface area contributed by atoms with Crippen LogP contribution in [0.3, 0.4) is 0 Å². The van der Waals surface area contributed by atoms with E-state index in [2.05, 4.69) is 62.1 Å². The summed E-state index contributed by atoms with van der Waals surface area (Å²) in [5, 5.41) is 4.53. The first kappa shape index (κ1) is 20.4. The van der Waals surface area contributed by atoms with Gasteiger partial charge in [0.25, 0.3) is 5.91 Å². The molecule has 1 aromatic heterocycles. The van der Waals surface area contributed by atoms with Crippen LogP contribution in [0.25, 0.3) is 11.3 Å². The summed E-state index contributed by atoms with van der Waals surface area (Å²) in [7, 11) is 2.25. The first-order chi connectivity index (χ1) is 14.3. The van der Waals surface area contributed by atoms with Crippen molar-refractivity contribution >= 4 is 11.6 Å². The molecular weight excluding hydrogens is 372 g/mol. The van der Waals surface area contributed by atoms with Gasteiger partial charge in [-0.3, -0.25) is 4.79 Å². The summed E-state index contributed by atoms with van der Waals surface area (Å²) in [5.41, 5.74) is 5.00. The van der Waals surface area contributed by atoms with Crippen LogP contribution in [0.1, 0.15) is 36.7 Å². The van der Waals surface area contributed by atoms with E-state index in [1.165, 1.54) is 29.0 Å². The molecule has 0 aliphatic carbocycles. The lowest BCUT2D eigenvalue weighted by Crippen LogP contribution is -3.12. The largest absolute Gasteiger partial charge is 0.360 e. The number of benzene rings is 2. The Bertz CT molecular complexity index is 1000. The van der Waals surface area contributed by atoms with Gasteiger partial charge in [-0.2, -0.15) is 5.10 Å². The topological polar surface area (TPSA) is 42.6 Å². The molecule has 0 spiro atoms. The molecule has 4 rings (SSSR count). The van der Waals surface area contributed by atoms with Gasteiger partial charge >= 0.3 is 0 Å². The molecule has 0 atom stereocenters. The average Bonchev–Trinajstić information content (AvgIpc) is 3.24. The summed E-state index contributed by atoms with van der Waals surface area (Å²) in [6.07, 6.45) is 1.74. The minimum atomic E-state index is -0.113. The molecule has 0 amide bonds. The predicted molar refractivity (Wildman–Crippen MR) is 121 cm³/mol. The number of hydrogen-bond acceptors (Lipinski definition) is 3. The maximum absolute atomic E-state index is 12.8. The number of carbonyl (C=O) groups is 1. The Balaban J connectivity index is 1.48. The lowest BCUT2D eigenvalue weighted by molar-refractivity contribution is -0.880. The van der Waals surface area contributed by atoms with Crippen LogP contribution in [0.2, 0.25) is 0 Å². The van der Waals surface area contributed by atoms with E-state index in [0.717, 1.165) is 24.3 Å². The van der Waals surface area contributed by atoms with Crippen LogP contribution in [-0.2, 0) is 5.41 Å². The van der Waals surface area contributed by atoms with Gasteiger partial charge in [-0.15, -0.1) is 0 Å². The number of likely N-dealkylation sites (N-methyl/N-ethyl adjacent to an activating group) is 1. The molecule has 0 radical (unpaired) electrons. The molecule has 1 N–H and O–H groups in total. The van der Waals surface area contributed by atoms with Crippen molar-refractivity contribution in [3.05, 3.63) is 71.9 Å². The number of carbonyl (C=O) groups excluding carboxylic acids is 1. The second-order valence-electron chi connectivity index (χ2n) is 9.27. The molecule has 1 fully saturated rings. The Morgan fingerprint density at radius 2 is 1.57 bits per heavy atom. The maximum Gasteiger partial charge on any atom is 0.278 e. The fourth-order valence-electron chi connectivity index (χ4n) is 3.83. The summed E-state index contributed by atoms with van der Waals surface area (Å²) in [5.74, 6) is -0.113. The van der Waals surface area contributed by atoms with Gasteiger partial charge in [0.15, 0.2) is 0 Å². The molecule has 5 nitrogen and oxygen atoms in total. The number of piperazine rings is 1. The molecule has 156 valence electrons. The molecule has 1 saturated heterocycles. The predicted octanol–water partition coefficient (Wildman–Crippen LogP) is 2.87. The second kappa shape index (κ2) is 8.07. The Morgan fingerprint density at radius 1 is 0.933 bits per heavy atom. The third-order valence-corrected chi connectivity index (χ3v) is 5.94. The minimum absolute atomic E-state index is 0.0674. The minimum Gasteiger partial charge on any atom is -0.360 e. The highest BCUT2D eigenvalue weighted by Gasteiger charge is 2.18. The summed E-state index contributed by atoms with van der Waals surface area (Å²) in [6.45, 7) is 11.0. The number of nitrogens with zero attached hydrogens (tertiary/aromatic N) is 3. The van der Waals surface area contributed by atoms with Crippen molar-refractivity contribution in [1.29, 1.82) is 0 Å². The Labute approximate surface area is 178 Å². The zero-order valence-electron chi connectivity index (χ0n) is 18.4. The zero-order chi connectivity index (χ0) is 21.3. The third-order valence-electron chi connectivity index (χ3n) is 5.94. The Kier molecular flexibility index (Phi) is 5.48. The van der Waals surface area contributed by atoms with Crippen molar-refractivity contribution in [3.8, 4) is 11.3 Å². The van der Waals surface area contributed by atoms with E-state index in [9.17, 15) is 4.79 Å². The average molecular weight is 404 g/mol. The van der Waals surface area contributed by atoms with Crippen LogP contribution >= 0.6 is 0 Å². The molecule has 1 aliphatic rings. The van der Waals surface area contributed by atoms with Gasteiger partial charge in [0.05, 0.1) is 38.9 Å². The van der Waals surface area contributed by atoms with E-state index in [-0.39, 0.29) is 11.3 Å². The number of quaternary nitrogens is 1.